The van der Waals surface area contributed by atoms with Gasteiger partial charge in [0.05, 0.1) is 7.11 Å². The number of benzene rings is 2. The molecular formula is C20H24O4. The van der Waals surface area contributed by atoms with Crippen LogP contribution in [0.25, 0.3) is 10.8 Å². The minimum atomic E-state index is -0.213. The molecule has 0 amide bonds. The number of carbonyl (C=O) groups is 2. The first-order valence-corrected chi connectivity index (χ1v) is 8.36. The zero-order valence-corrected chi connectivity index (χ0v) is 14.3. The summed E-state index contributed by atoms with van der Waals surface area (Å²) in [6.45, 7) is 1.61. The topological polar surface area (TPSA) is 52.6 Å². The van der Waals surface area contributed by atoms with Crippen LogP contribution in [0.3, 0.4) is 0 Å². The number of esters is 1. The smallest absolute Gasteiger partial charge is 0.311 e. The van der Waals surface area contributed by atoms with E-state index in [-0.39, 0.29) is 11.8 Å². The van der Waals surface area contributed by atoms with E-state index in [4.69, 9.17) is 9.47 Å². The van der Waals surface area contributed by atoms with Crippen LogP contribution >= 0.6 is 0 Å². The highest BCUT2D eigenvalue weighted by Gasteiger charge is 2.06. The molecule has 0 N–H and O–H groups in total. The molecule has 4 nitrogen and oxygen atoms in total. The van der Waals surface area contributed by atoms with Gasteiger partial charge in [-0.2, -0.15) is 0 Å². The minimum Gasteiger partial charge on any atom is -0.497 e. The maximum atomic E-state index is 11.9. The lowest BCUT2D eigenvalue weighted by Crippen LogP contribution is -2.07. The van der Waals surface area contributed by atoms with Gasteiger partial charge in [-0.25, -0.2) is 0 Å². The molecule has 0 atom stereocenters. The molecule has 24 heavy (non-hydrogen) atoms. The molecule has 0 aliphatic heterocycles. The maximum absolute atomic E-state index is 11.9. The summed E-state index contributed by atoms with van der Waals surface area (Å²) >= 11 is 0. The molecule has 0 saturated heterocycles. The highest BCUT2D eigenvalue weighted by Crippen LogP contribution is 2.25. The Morgan fingerprint density at radius 2 is 1.42 bits per heavy atom. The van der Waals surface area contributed by atoms with E-state index >= 15 is 0 Å². The fourth-order valence-electron chi connectivity index (χ4n) is 2.57. The molecule has 2 rings (SSSR count). The lowest BCUT2D eigenvalue weighted by Gasteiger charge is -2.07. The number of hydrogen-bond acceptors (Lipinski definition) is 4. The Bertz CT molecular complexity index is 706. The summed E-state index contributed by atoms with van der Waals surface area (Å²) in [5.74, 6) is 1.38. The average Bonchev–Trinajstić information content (AvgIpc) is 2.57. The number of unbranched alkanes of at least 4 members (excludes halogenated alkanes) is 3. The van der Waals surface area contributed by atoms with Crippen molar-refractivity contribution in [3.05, 3.63) is 36.4 Å². The number of Topliss-reactive ketones (excluding diaryl/α,β-unsaturated/α-hetero) is 1. The summed E-state index contributed by atoms with van der Waals surface area (Å²) in [7, 11) is 1.64. The van der Waals surface area contributed by atoms with E-state index in [9.17, 15) is 9.59 Å². The second kappa shape index (κ2) is 9.06. The summed E-state index contributed by atoms with van der Waals surface area (Å²) in [5.41, 5.74) is 0. The molecular weight excluding hydrogens is 304 g/mol. The van der Waals surface area contributed by atoms with Crippen molar-refractivity contribution >= 4 is 22.5 Å². The van der Waals surface area contributed by atoms with E-state index in [2.05, 4.69) is 0 Å². The Morgan fingerprint density at radius 1 is 0.833 bits per heavy atom. The third-order valence-electron chi connectivity index (χ3n) is 3.91. The predicted molar refractivity (Wildman–Crippen MR) is 94.5 cm³/mol. The monoisotopic (exact) mass is 328 g/mol. The van der Waals surface area contributed by atoms with Crippen molar-refractivity contribution in [2.45, 2.75) is 45.4 Å². The highest BCUT2D eigenvalue weighted by atomic mass is 16.5. The van der Waals surface area contributed by atoms with Crippen molar-refractivity contribution < 1.29 is 19.1 Å². The van der Waals surface area contributed by atoms with E-state index in [1.165, 1.54) is 0 Å². The van der Waals surface area contributed by atoms with Gasteiger partial charge in [0.15, 0.2) is 0 Å². The molecule has 0 heterocycles. The van der Waals surface area contributed by atoms with Gasteiger partial charge < -0.3 is 14.3 Å². The van der Waals surface area contributed by atoms with Gasteiger partial charge in [0.25, 0.3) is 0 Å². The van der Waals surface area contributed by atoms with Crippen LogP contribution in [0.5, 0.6) is 11.5 Å². The lowest BCUT2D eigenvalue weighted by atomic mass is 10.1. The van der Waals surface area contributed by atoms with Crippen LogP contribution in [0.4, 0.5) is 0 Å². The van der Waals surface area contributed by atoms with Gasteiger partial charge >= 0.3 is 5.97 Å². The van der Waals surface area contributed by atoms with E-state index in [0.29, 0.717) is 18.6 Å². The molecule has 0 fully saturated rings. The fraction of sp³-hybridized carbons (Fsp3) is 0.400. The Balaban J connectivity index is 1.79. The van der Waals surface area contributed by atoms with Crippen molar-refractivity contribution in [3.8, 4) is 11.5 Å². The van der Waals surface area contributed by atoms with Crippen molar-refractivity contribution in [1.29, 1.82) is 0 Å². The van der Waals surface area contributed by atoms with Crippen molar-refractivity contribution in [3.63, 3.8) is 0 Å². The third kappa shape index (κ3) is 5.69. The van der Waals surface area contributed by atoms with Crippen LogP contribution in [0.2, 0.25) is 0 Å². The van der Waals surface area contributed by atoms with Gasteiger partial charge in [-0.3, -0.25) is 4.79 Å². The van der Waals surface area contributed by atoms with Gasteiger partial charge in [-0.05, 0) is 54.8 Å². The summed E-state index contributed by atoms with van der Waals surface area (Å²) in [5, 5.41) is 2.05. The second-order valence-corrected chi connectivity index (χ2v) is 5.97. The number of methoxy groups -OCH3 is 1. The van der Waals surface area contributed by atoms with Crippen molar-refractivity contribution in [1.82, 2.24) is 0 Å². The molecule has 0 aliphatic carbocycles. The van der Waals surface area contributed by atoms with Crippen LogP contribution in [0.15, 0.2) is 36.4 Å². The number of ether oxygens (including phenoxy) is 2. The lowest BCUT2D eigenvalue weighted by molar-refractivity contribution is -0.134. The summed E-state index contributed by atoms with van der Waals surface area (Å²) in [6, 6.07) is 11.4. The summed E-state index contributed by atoms with van der Waals surface area (Å²) in [4.78, 5) is 22.7. The highest BCUT2D eigenvalue weighted by molar-refractivity contribution is 5.86. The zero-order chi connectivity index (χ0) is 17.4. The molecule has 2 aromatic carbocycles. The normalized spacial score (nSPS) is 10.6. The molecule has 0 bridgehead atoms. The van der Waals surface area contributed by atoms with E-state index in [1.54, 1.807) is 20.1 Å². The molecule has 0 spiro atoms. The maximum Gasteiger partial charge on any atom is 0.311 e. The molecule has 0 aromatic heterocycles. The third-order valence-corrected chi connectivity index (χ3v) is 3.91. The van der Waals surface area contributed by atoms with Crippen molar-refractivity contribution in [2.24, 2.45) is 0 Å². The number of carbonyl (C=O) groups excluding carboxylic acids is 2. The van der Waals surface area contributed by atoms with E-state index in [0.717, 1.165) is 42.2 Å². The summed E-state index contributed by atoms with van der Waals surface area (Å²) < 4.78 is 10.6. The SMILES string of the molecule is COc1ccc2cc(OC(=O)CCCCCCC(C)=O)ccc2c1. The molecule has 0 radical (unpaired) electrons. The Morgan fingerprint density at radius 3 is 2.04 bits per heavy atom. The molecule has 2 aromatic rings. The van der Waals surface area contributed by atoms with E-state index < -0.39 is 0 Å². The largest absolute Gasteiger partial charge is 0.497 e. The first kappa shape index (κ1) is 18.0. The number of fused-ring (bicyclic) bond motifs is 1. The van der Waals surface area contributed by atoms with Gasteiger partial charge in [0.1, 0.15) is 17.3 Å². The van der Waals surface area contributed by atoms with Gasteiger partial charge in [0, 0.05) is 12.8 Å². The number of rotatable bonds is 9. The molecule has 0 aliphatic rings. The summed E-state index contributed by atoms with van der Waals surface area (Å²) in [6.07, 6.45) is 4.65. The average molecular weight is 328 g/mol. The minimum absolute atomic E-state index is 0.213. The molecule has 0 unspecified atom stereocenters. The van der Waals surface area contributed by atoms with Gasteiger partial charge in [0.2, 0.25) is 0 Å². The quantitative estimate of drug-likeness (QED) is 0.381. The van der Waals surface area contributed by atoms with Crippen molar-refractivity contribution in [2.75, 3.05) is 7.11 Å². The Kier molecular flexibility index (Phi) is 6.79. The van der Waals surface area contributed by atoms with Crippen LogP contribution in [-0.2, 0) is 9.59 Å². The number of hydrogen-bond donors (Lipinski definition) is 0. The van der Waals surface area contributed by atoms with Gasteiger partial charge in [-0.1, -0.05) is 25.0 Å². The molecule has 128 valence electrons. The predicted octanol–water partition coefficient (Wildman–Crippen LogP) is 4.68. The fourth-order valence-corrected chi connectivity index (χ4v) is 2.57. The standard InChI is InChI=1S/C20H24O4/c1-15(21)7-5-3-4-6-8-20(22)24-19-12-10-16-13-18(23-2)11-9-17(16)14-19/h9-14H,3-8H2,1-2H3. The van der Waals surface area contributed by atoms with E-state index in [1.807, 2.05) is 30.3 Å². The molecule has 4 heteroatoms. The molecule has 0 saturated carbocycles. The zero-order valence-electron chi connectivity index (χ0n) is 14.3. The van der Waals surface area contributed by atoms with Gasteiger partial charge in [-0.15, -0.1) is 0 Å². The first-order chi connectivity index (χ1) is 11.6. The number of ketones is 1. The van der Waals surface area contributed by atoms with Crippen LogP contribution in [0.1, 0.15) is 45.4 Å². The van der Waals surface area contributed by atoms with Crippen LogP contribution in [-0.4, -0.2) is 18.9 Å². The Labute approximate surface area is 142 Å². The first-order valence-electron chi connectivity index (χ1n) is 8.36. The van der Waals surface area contributed by atoms with Crippen LogP contribution < -0.4 is 9.47 Å². The van der Waals surface area contributed by atoms with Crippen LogP contribution in [0, 0.1) is 0 Å². The second-order valence-electron chi connectivity index (χ2n) is 5.97. The Hall–Kier alpha value is -2.36.